The van der Waals surface area contributed by atoms with Crippen molar-refractivity contribution in [3.8, 4) is 5.75 Å². The number of rotatable bonds is 2. The third-order valence-electron chi connectivity index (χ3n) is 1.47. The van der Waals surface area contributed by atoms with E-state index in [1.54, 1.807) is 0 Å². The molecule has 0 unspecified atom stereocenters. The highest BCUT2D eigenvalue weighted by Crippen LogP contribution is 2.11. The molecule has 0 aliphatic heterocycles. The lowest BCUT2D eigenvalue weighted by Crippen LogP contribution is -1.83. The third-order valence-corrected chi connectivity index (χ3v) is 1.95. The van der Waals surface area contributed by atoms with Crippen molar-refractivity contribution in [2.45, 2.75) is 6.92 Å². The van der Waals surface area contributed by atoms with Gasteiger partial charge in [-0.1, -0.05) is 24.3 Å². The minimum absolute atomic E-state index is 0.759. The quantitative estimate of drug-likeness (QED) is 0.600. The normalized spacial score (nSPS) is 10.6. The molecule has 0 aliphatic rings. The van der Waals surface area contributed by atoms with E-state index < -0.39 is 0 Å². The van der Waals surface area contributed by atoms with E-state index in [4.69, 9.17) is 4.43 Å². The number of hydrogen-bond acceptors (Lipinski definition) is 1. The van der Waals surface area contributed by atoms with E-state index in [0.29, 0.717) is 0 Å². The third kappa shape index (κ3) is 2.24. The molecule has 0 N–H and O–H groups in total. The van der Waals surface area contributed by atoms with E-state index in [0.717, 1.165) is 16.2 Å². The Bertz CT molecular complexity index is 238. The fraction of sp³-hybridized carbons (Fsp3) is 0.111. The molecule has 1 rings (SSSR count). The molecule has 0 spiro atoms. The SMILES string of the molecule is C/C=C/c1ccc(O[SiH3])cc1. The van der Waals surface area contributed by atoms with Crippen LogP contribution in [0.25, 0.3) is 6.08 Å². The maximum absolute atomic E-state index is 5.16. The van der Waals surface area contributed by atoms with Crippen molar-refractivity contribution in [3.05, 3.63) is 35.9 Å². The lowest BCUT2D eigenvalue weighted by Gasteiger charge is -1.99. The molecule has 1 aromatic carbocycles. The summed E-state index contributed by atoms with van der Waals surface area (Å²) in [4.78, 5) is 0. The summed E-state index contributed by atoms with van der Waals surface area (Å²) in [6, 6.07) is 8.07. The second-order valence-electron chi connectivity index (χ2n) is 2.27. The average Bonchev–Trinajstić information content (AvgIpc) is 2.07. The lowest BCUT2D eigenvalue weighted by atomic mass is 10.2. The topological polar surface area (TPSA) is 9.23 Å². The smallest absolute Gasteiger partial charge is 0.204 e. The summed E-state index contributed by atoms with van der Waals surface area (Å²) in [7, 11) is 0.759. The van der Waals surface area contributed by atoms with Crippen LogP contribution in [0.2, 0.25) is 0 Å². The average molecular weight is 164 g/mol. The minimum Gasteiger partial charge on any atom is -0.553 e. The van der Waals surface area contributed by atoms with Gasteiger partial charge in [0.2, 0.25) is 10.5 Å². The monoisotopic (exact) mass is 164 g/mol. The minimum atomic E-state index is 0.759. The van der Waals surface area contributed by atoms with Gasteiger partial charge < -0.3 is 4.43 Å². The maximum Gasteiger partial charge on any atom is 0.204 e. The molecule has 0 atom stereocenters. The Balaban J connectivity index is 2.82. The van der Waals surface area contributed by atoms with Crippen LogP contribution in [-0.4, -0.2) is 10.5 Å². The van der Waals surface area contributed by atoms with Crippen molar-refractivity contribution < 1.29 is 4.43 Å². The van der Waals surface area contributed by atoms with Gasteiger partial charge in [0.25, 0.3) is 0 Å². The van der Waals surface area contributed by atoms with Gasteiger partial charge in [0.15, 0.2) is 0 Å². The number of benzene rings is 1. The molecule has 0 bridgehead atoms. The van der Waals surface area contributed by atoms with Gasteiger partial charge in [0, 0.05) is 0 Å². The van der Waals surface area contributed by atoms with Crippen LogP contribution in [-0.2, 0) is 0 Å². The van der Waals surface area contributed by atoms with E-state index in [-0.39, 0.29) is 0 Å². The van der Waals surface area contributed by atoms with Crippen LogP contribution in [0.1, 0.15) is 12.5 Å². The largest absolute Gasteiger partial charge is 0.553 e. The summed E-state index contributed by atoms with van der Waals surface area (Å²) in [5.74, 6) is 0.963. The van der Waals surface area contributed by atoms with Gasteiger partial charge in [0.1, 0.15) is 5.75 Å². The highest BCUT2D eigenvalue weighted by Gasteiger charge is 1.87. The first-order chi connectivity index (χ1) is 5.36. The Labute approximate surface area is 70.2 Å². The van der Waals surface area contributed by atoms with E-state index >= 15 is 0 Å². The molecule has 0 aromatic heterocycles. The molecule has 0 saturated carbocycles. The second-order valence-corrected chi connectivity index (χ2v) is 2.68. The van der Waals surface area contributed by atoms with E-state index in [2.05, 4.69) is 6.08 Å². The van der Waals surface area contributed by atoms with Crippen LogP contribution >= 0.6 is 0 Å². The Hall–Kier alpha value is -1.02. The van der Waals surface area contributed by atoms with Crippen LogP contribution in [0.5, 0.6) is 5.75 Å². The van der Waals surface area contributed by atoms with Gasteiger partial charge in [-0.3, -0.25) is 0 Å². The van der Waals surface area contributed by atoms with Crippen molar-refractivity contribution in [1.82, 2.24) is 0 Å². The Morgan fingerprint density at radius 1 is 1.27 bits per heavy atom. The van der Waals surface area contributed by atoms with E-state index in [9.17, 15) is 0 Å². The second kappa shape index (κ2) is 3.98. The summed E-state index contributed by atoms with van der Waals surface area (Å²) >= 11 is 0. The lowest BCUT2D eigenvalue weighted by molar-refractivity contribution is 0.616. The van der Waals surface area contributed by atoms with Crippen molar-refractivity contribution >= 4 is 16.6 Å². The van der Waals surface area contributed by atoms with Gasteiger partial charge in [-0.2, -0.15) is 0 Å². The van der Waals surface area contributed by atoms with Crippen molar-refractivity contribution in [2.24, 2.45) is 0 Å². The van der Waals surface area contributed by atoms with Crippen LogP contribution in [0.4, 0.5) is 0 Å². The molecular weight excluding hydrogens is 152 g/mol. The number of allylic oxidation sites excluding steroid dienone is 1. The van der Waals surface area contributed by atoms with Gasteiger partial charge in [-0.05, 0) is 24.6 Å². The maximum atomic E-state index is 5.16. The van der Waals surface area contributed by atoms with Gasteiger partial charge in [-0.15, -0.1) is 0 Å². The summed E-state index contributed by atoms with van der Waals surface area (Å²) in [6.07, 6.45) is 4.09. The first-order valence-electron chi connectivity index (χ1n) is 3.63. The zero-order chi connectivity index (χ0) is 8.10. The molecule has 0 saturated heterocycles. The summed E-state index contributed by atoms with van der Waals surface area (Å²) in [5, 5.41) is 0. The fourth-order valence-electron chi connectivity index (χ4n) is 0.907. The molecule has 0 fully saturated rings. The molecule has 0 amide bonds. The van der Waals surface area contributed by atoms with E-state index in [1.807, 2.05) is 37.3 Å². The molecule has 11 heavy (non-hydrogen) atoms. The Morgan fingerprint density at radius 2 is 1.91 bits per heavy atom. The molecule has 1 aromatic rings. The molecule has 0 heterocycles. The molecule has 0 radical (unpaired) electrons. The zero-order valence-electron chi connectivity index (χ0n) is 6.87. The van der Waals surface area contributed by atoms with Crippen LogP contribution in [0.15, 0.2) is 30.3 Å². The Kier molecular flexibility index (Phi) is 2.92. The highest BCUT2D eigenvalue weighted by atomic mass is 28.2. The van der Waals surface area contributed by atoms with Crippen LogP contribution < -0.4 is 4.43 Å². The standard InChI is InChI=1S/C9H12OSi/c1-2-3-8-4-6-9(10-11)7-5-8/h2-7H,1,11H3/b3-2+. The first-order valence-corrected chi connectivity index (χ1v) is 4.45. The molecule has 1 nitrogen and oxygen atoms in total. The van der Waals surface area contributed by atoms with Gasteiger partial charge in [-0.25, -0.2) is 0 Å². The first kappa shape index (κ1) is 8.08. The number of hydrogen-bond donors (Lipinski definition) is 0. The predicted molar refractivity (Wildman–Crippen MR) is 51.7 cm³/mol. The zero-order valence-corrected chi connectivity index (χ0v) is 8.87. The summed E-state index contributed by atoms with van der Waals surface area (Å²) in [6.45, 7) is 2.01. The fourth-order valence-corrected chi connectivity index (χ4v) is 1.18. The Morgan fingerprint density at radius 3 is 2.36 bits per heavy atom. The summed E-state index contributed by atoms with van der Waals surface area (Å²) in [5.41, 5.74) is 1.22. The van der Waals surface area contributed by atoms with Gasteiger partial charge in [0.05, 0.1) is 0 Å². The predicted octanol–water partition coefficient (Wildman–Crippen LogP) is 1.38. The van der Waals surface area contributed by atoms with Crippen molar-refractivity contribution in [2.75, 3.05) is 0 Å². The molecule has 2 heteroatoms. The van der Waals surface area contributed by atoms with Gasteiger partial charge >= 0.3 is 0 Å². The van der Waals surface area contributed by atoms with Crippen LogP contribution in [0.3, 0.4) is 0 Å². The van der Waals surface area contributed by atoms with Crippen LogP contribution in [0, 0.1) is 0 Å². The summed E-state index contributed by atoms with van der Waals surface area (Å²) < 4.78 is 5.16. The molecule has 58 valence electrons. The molecule has 0 aliphatic carbocycles. The van der Waals surface area contributed by atoms with Crippen molar-refractivity contribution in [3.63, 3.8) is 0 Å². The molecular formula is C9H12OSi. The highest BCUT2D eigenvalue weighted by molar-refractivity contribution is 5.99. The van der Waals surface area contributed by atoms with E-state index in [1.165, 1.54) is 5.56 Å². The van der Waals surface area contributed by atoms with Crippen molar-refractivity contribution in [1.29, 1.82) is 0 Å².